The molecule has 0 aliphatic heterocycles. The summed E-state index contributed by atoms with van der Waals surface area (Å²) < 4.78 is 72.5. The Labute approximate surface area is 930 Å². The number of ketones is 3. The third-order valence-corrected chi connectivity index (χ3v) is 29.5. The van der Waals surface area contributed by atoms with Crippen molar-refractivity contribution in [2.45, 2.75) is 290 Å². The van der Waals surface area contributed by atoms with E-state index in [-0.39, 0.29) is 145 Å². The molecular formula is C133H153F5Ir3N3O6-3. The number of rotatable bonds is 27. The first-order valence-electron chi connectivity index (χ1n) is 52.4. The third-order valence-electron chi connectivity index (χ3n) is 29.5. The number of nitrogens with zero attached hydrogens (tertiary/aromatic N) is 3. The van der Waals surface area contributed by atoms with E-state index in [2.05, 4.69) is 204 Å². The number of aryl methyl sites for hydroxylation is 7. The molecule has 801 valence electrons. The van der Waals surface area contributed by atoms with Gasteiger partial charge in [-0.2, -0.15) is 0 Å². The number of carbonyl (C=O) groups excluding carboxylic acids is 3. The molecule has 15 aromatic rings. The van der Waals surface area contributed by atoms with Gasteiger partial charge in [-0.1, -0.05) is 311 Å². The molecule has 0 unspecified atom stereocenters. The number of pyridine rings is 3. The van der Waals surface area contributed by atoms with Gasteiger partial charge in [0.15, 0.2) is 17.3 Å². The van der Waals surface area contributed by atoms with E-state index < -0.39 is 28.8 Å². The predicted molar refractivity (Wildman–Crippen MR) is 608 cm³/mol. The Morgan fingerprint density at radius 2 is 0.647 bits per heavy atom. The Balaban J connectivity index is 0.000000252. The number of hydrogen-bond donors (Lipinski definition) is 3. The minimum absolute atomic E-state index is 0. The van der Waals surface area contributed by atoms with Crippen molar-refractivity contribution in [2.75, 3.05) is 0 Å². The van der Waals surface area contributed by atoms with Crippen LogP contribution in [-0.4, -0.2) is 47.6 Å². The van der Waals surface area contributed by atoms with Crippen molar-refractivity contribution in [3.05, 3.63) is 339 Å². The fourth-order valence-corrected chi connectivity index (χ4v) is 18.7. The van der Waals surface area contributed by atoms with Gasteiger partial charge in [0, 0.05) is 159 Å². The van der Waals surface area contributed by atoms with Crippen LogP contribution in [0.15, 0.2) is 230 Å². The van der Waals surface area contributed by atoms with E-state index >= 15 is 8.78 Å². The molecular weight excluding hydrogens is 2410 g/mol. The van der Waals surface area contributed by atoms with Crippen LogP contribution in [-0.2, 0) is 74.7 Å². The molecule has 0 saturated carbocycles. The summed E-state index contributed by atoms with van der Waals surface area (Å²) in [5, 5.41) is 40.5. The molecule has 0 fully saturated rings. The summed E-state index contributed by atoms with van der Waals surface area (Å²) >= 11 is 0. The number of aromatic nitrogens is 3. The van der Waals surface area contributed by atoms with E-state index in [1.165, 1.54) is 101 Å². The van der Waals surface area contributed by atoms with Crippen molar-refractivity contribution in [3.8, 4) is 67.2 Å². The van der Waals surface area contributed by atoms with E-state index in [1.54, 1.807) is 36.5 Å². The van der Waals surface area contributed by atoms with Gasteiger partial charge in [-0.3, -0.25) is 14.4 Å². The number of benzene rings is 12. The van der Waals surface area contributed by atoms with Crippen LogP contribution in [0.4, 0.5) is 22.0 Å². The van der Waals surface area contributed by atoms with Gasteiger partial charge < -0.3 is 30.3 Å². The molecule has 3 aromatic heterocycles. The molecule has 0 atom stereocenters. The molecule has 0 aliphatic rings. The molecule has 0 bridgehead atoms. The van der Waals surface area contributed by atoms with Gasteiger partial charge >= 0.3 is 0 Å². The molecule has 17 heteroatoms. The molecule has 3 N–H and O–H groups in total. The first-order valence-corrected chi connectivity index (χ1v) is 52.4. The average molecular weight is 2560 g/mol. The minimum Gasteiger partial charge on any atom is -0.512 e. The summed E-state index contributed by atoms with van der Waals surface area (Å²) in [7, 11) is 0. The summed E-state index contributed by atoms with van der Waals surface area (Å²) in [6.07, 6.45) is 16.3. The second kappa shape index (κ2) is 54.4. The zero-order chi connectivity index (χ0) is 109. The Morgan fingerprint density at radius 3 is 1.00 bits per heavy atom. The van der Waals surface area contributed by atoms with Crippen LogP contribution in [0.5, 0.6) is 0 Å². The molecule has 0 aliphatic carbocycles. The predicted octanol–water partition coefficient (Wildman–Crippen LogP) is 38.5. The number of fused-ring (bicyclic) bond motifs is 9. The number of carbonyl (C=O) groups is 3. The van der Waals surface area contributed by atoms with Crippen molar-refractivity contribution in [1.29, 1.82) is 0 Å². The van der Waals surface area contributed by atoms with E-state index in [1.807, 2.05) is 173 Å². The van der Waals surface area contributed by atoms with E-state index in [0.717, 1.165) is 140 Å². The Hall–Kier alpha value is -11.1. The monoisotopic (exact) mass is 2560 g/mol. The second-order valence-corrected chi connectivity index (χ2v) is 43.3. The number of halogens is 5. The van der Waals surface area contributed by atoms with Crippen molar-refractivity contribution in [3.63, 3.8) is 0 Å². The first-order chi connectivity index (χ1) is 69.3. The van der Waals surface area contributed by atoms with Crippen molar-refractivity contribution in [1.82, 2.24) is 15.0 Å². The average Bonchev–Trinajstić information content (AvgIpc) is 0.742. The zero-order valence-corrected chi connectivity index (χ0v) is 101. The SMILES string of the molecule is CCC(C)(C)C(=O)C=C(O)C(C)(C)CC.CCC(C)(C)C(=O)C=C(O)C(C)(C)CC.CCC(CC)C(=O)C=C(O)C(CC)CC.Cc1[c-]c(-c2nccc3c2ccc2c(C)ccc(-c4c(C(C)C)cccc4C(C)C)c23)cc(C)c1.Cc1[c-]c(-c2nccc3c2ccc2c(F)c(-c4c(F)cc(F)cc4F)ccc23)cc(C)c1.Cc1[c-]c(-c2nccc3c2ccc2c(F)ccc(-c4c(C(C)C)cccc4C(C)C)c23)cc(C)c1.[Ir].[Ir].[Ir]. The van der Waals surface area contributed by atoms with Crippen LogP contribution < -0.4 is 0 Å². The van der Waals surface area contributed by atoms with Crippen LogP contribution in [0.2, 0.25) is 0 Å². The number of hydrogen-bond acceptors (Lipinski definition) is 9. The number of aliphatic hydroxyl groups excluding tert-OH is 3. The molecule has 15 rings (SSSR count). The van der Waals surface area contributed by atoms with Gasteiger partial charge in [0.25, 0.3) is 0 Å². The molecule has 12 aromatic carbocycles. The largest absolute Gasteiger partial charge is 0.512 e. The van der Waals surface area contributed by atoms with Gasteiger partial charge in [-0.25, -0.2) is 22.0 Å². The van der Waals surface area contributed by atoms with Crippen LogP contribution in [0, 0.1) is 129 Å². The summed E-state index contributed by atoms with van der Waals surface area (Å²) in [5.74, 6) is -1.82. The summed E-state index contributed by atoms with van der Waals surface area (Å²) in [6, 6.07) is 66.4. The Kier molecular flexibility index (Phi) is 45.6. The number of aliphatic hydroxyl groups is 3. The molecule has 9 nitrogen and oxygen atoms in total. The van der Waals surface area contributed by atoms with Gasteiger partial charge in [0.05, 0.1) is 11.3 Å². The molecule has 150 heavy (non-hydrogen) atoms. The summed E-state index contributed by atoms with van der Waals surface area (Å²) in [6.45, 7) is 64.1. The maximum absolute atomic E-state index is 15.4. The van der Waals surface area contributed by atoms with E-state index in [9.17, 15) is 42.9 Å². The Bertz CT molecular complexity index is 7010. The normalized spacial score (nSPS) is 12.0. The molecule has 3 heterocycles. The molecule has 0 amide bonds. The topological polar surface area (TPSA) is 151 Å². The number of allylic oxidation sites excluding steroid dienone is 6. The summed E-state index contributed by atoms with van der Waals surface area (Å²) in [5.41, 5.74) is 21.7. The van der Waals surface area contributed by atoms with Crippen molar-refractivity contribution >= 4 is 82.0 Å². The molecule has 3 radical (unpaired) electrons. The van der Waals surface area contributed by atoms with Crippen LogP contribution in [0.25, 0.3) is 132 Å². The van der Waals surface area contributed by atoms with Crippen LogP contribution >= 0.6 is 0 Å². The Morgan fingerprint density at radius 1 is 0.333 bits per heavy atom. The van der Waals surface area contributed by atoms with E-state index in [4.69, 9.17) is 9.97 Å². The van der Waals surface area contributed by atoms with Gasteiger partial charge in [0.2, 0.25) is 0 Å². The van der Waals surface area contributed by atoms with Gasteiger partial charge in [-0.15, -0.1) is 105 Å². The smallest absolute Gasteiger partial charge is 0.164 e. The zero-order valence-electron chi connectivity index (χ0n) is 93.6. The summed E-state index contributed by atoms with van der Waals surface area (Å²) in [4.78, 5) is 49.5. The van der Waals surface area contributed by atoms with Crippen molar-refractivity contribution < 1.29 is 112 Å². The van der Waals surface area contributed by atoms with E-state index in [0.29, 0.717) is 46.6 Å². The molecule has 0 saturated heterocycles. The van der Waals surface area contributed by atoms with Crippen LogP contribution in [0.1, 0.15) is 302 Å². The fourth-order valence-electron chi connectivity index (χ4n) is 18.7. The van der Waals surface area contributed by atoms with Crippen molar-refractivity contribution in [2.24, 2.45) is 33.5 Å². The second-order valence-electron chi connectivity index (χ2n) is 43.3. The molecule has 0 spiro atoms. The first kappa shape index (κ1) is 126. The maximum Gasteiger partial charge on any atom is 0.164 e. The minimum atomic E-state index is -1.15. The van der Waals surface area contributed by atoms with Gasteiger partial charge in [0.1, 0.15) is 40.6 Å². The van der Waals surface area contributed by atoms with Gasteiger partial charge in [-0.05, 0) is 227 Å². The standard InChI is InChI=1S/C34H34N.C33H31FN.C27H16F4N.3C13H24O2.3Ir/c1-20(2)26-9-8-10-27(21(3)4)32(26)31-12-11-24(7)28-13-14-30-29(33(28)31)15-16-35-34(30)25-18-22(5)17-23(6)19-25;1-19(2)24-8-7-9-25(20(3)4)31(24)29-12-13-30(34)28-11-10-27-26(32(28)29)14-15-35-33(27)23-17-21(5)16-22(6)18-23;1-14-9-15(2)11-16(10-14)27-21-5-4-20-18(19(21)7-8-32-27)3-6-22(26(20)31)25-23(29)12-17(28)13-24(25)30;2*1-7-12(3,4)10(14)9-11(15)13(5,6)8-2;1-5-10(6-2)12(14)9-13(15)11(7-3)8-4;;;/h8-18,20-21H,1-7H3;7-17,19-20H,1-6H3;3-10,12-13H,1-2H3;2*9,14H,7-8H2,1-6H3;9-11,14H,5-8H2,1-4H3;;;/q3*-1;;;;;;. The quantitative estimate of drug-likeness (QED) is 0.0150. The third kappa shape index (κ3) is 29.5. The van der Waals surface area contributed by atoms with Crippen LogP contribution in [0.3, 0.4) is 0 Å². The maximum atomic E-state index is 15.4. The fraction of sp³-hybridized carbons (Fsp3) is 0.368.